The molecule has 0 radical (unpaired) electrons. The average molecular weight is 508 g/mol. The minimum atomic E-state index is -5.08. The van der Waals surface area contributed by atoms with Gasteiger partial charge in [-0.05, 0) is 38.1 Å². The lowest BCUT2D eigenvalue weighted by atomic mass is 9.98. The van der Waals surface area contributed by atoms with Crippen LogP contribution in [0.25, 0.3) is 0 Å². The molecule has 1 aliphatic heterocycles. The van der Waals surface area contributed by atoms with Gasteiger partial charge in [0.25, 0.3) is 0 Å². The molecular formula is C20H23F3N2O10. The summed E-state index contributed by atoms with van der Waals surface area (Å²) in [6.45, 7) is 1.56. The number of carboxylic acids is 2. The van der Waals surface area contributed by atoms with Crippen LogP contribution in [0.15, 0.2) is 24.3 Å². The Labute approximate surface area is 196 Å². The molecule has 0 amide bonds. The zero-order valence-corrected chi connectivity index (χ0v) is 18.3. The number of piperidine rings is 1. The number of hydrogen-bond donors (Lipinski definition) is 4. The summed E-state index contributed by atoms with van der Waals surface area (Å²) in [5.74, 6) is -7.68. The predicted octanol–water partition coefficient (Wildman–Crippen LogP) is 0.476. The van der Waals surface area contributed by atoms with Crippen LogP contribution in [0.1, 0.15) is 19.8 Å². The lowest BCUT2D eigenvalue weighted by Gasteiger charge is -2.27. The highest BCUT2D eigenvalue weighted by atomic mass is 19.4. The Hall–Kier alpha value is -3.72. The minimum Gasteiger partial charge on any atom is -0.479 e. The standard InChI is InChI=1S/C18H22N2O8.C2HF3O2/c1-11(21)18(19,17(25)27-16(24)12-6-8-20-9-7-12)28-14-5-3-2-4-13(14)26-10-15(22)23;3-2(4,5)1(6)7/h2-5,12,20H,6-10,19H2,1H3,(H,22,23);(H,6,7). The van der Waals surface area contributed by atoms with Crippen molar-refractivity contribution in [1.82, 2.24) is 5.32 Å². The van der Waals surface area contributed by atoms with Crippen molar-refractivity contribution < 1.29 is 61.6 Å². The molecule has 1 aromatic carbocycles. The summed E-state index contributed by atoms with van der Waals surface area (Å²) in [7, 11) is 0. The highest BCUT2D eigenvalue weighted by Crippen LogP contribution is 2.30. The molecule has 12 nitrogen and oxygen atoms in total. The number of rotatable bonds is 8. The number of ether oxygens (including phenoxy) is 3. The van der Waals surface area contributed by atoms with Crippen molar-refractivity contribution in [3.8, 4) is 11.5 Å². The Balaban J connectivity index is 0.000000762. The molecule has 0 aliphatic carbocycles. The van der Waals surface area contributed by atoms with Crippen LogP contribution in [-0.4, -0.2) is 71.5 Å². The molecule has 1 saturated heterocycles. The highest BCUT2D eigenvalue weighted by molar-refractivity contribution is 6.08. The average Bonchev–Trinajstić information content (AvgIpc) is 2.78. The zero-order valence-electron chi connectivity index (χ0n) is 18.3. The Kier molecular flexibility index (Phi) is 10.6. The first kappa shape index (κ1) is 29.3. The van der Waals surface area contributed by atoms with Crippen LogP contribution in [0.3, 0.4) is 0 Å². The number of benzene rings is 1. The summed E-state index contributed by atoms with van der Waals surface area (Å²) < 4.78 is 47.0. The van der Waals surface area contributed by atoms with Crippen molar-refractivity contribution in [1.29, 1.82) is 0 Å². The highest BCUT2D eigenvalue weighted by Gasteiger charge is 2.46. The molecule has 1 aromatic rings. The van der Waals surface area contributed by atoms with Gasteiger partial charge in [-0.15, -0.1) is 0 Å². The van der Waals surface area contributed by atoms with E-state index in [4.69, 9.17) is 35.0 Å². The molecule has 1 atom stereocenters. The molecule has 0 aromatic heterocycles. The van der Waals surface area contributed by atoms with Gasteiger partial charge in [-0.25, -0.2) is 14.4 Å². The van der Waals surface area contributed by atoms with E-state index in [1.54, 1.807) is 0 Å². The Morgan fingerprint density at radius 3 is 2.03 bits per heavy atom. The quantitative estimate of drug-likeness (QED) is 0.216. The summed E-state index contributed by atoms with van der Waals surface area (Å²) in [6.07, 6.45) is -4.09. The topological polar surface area (TPSA) is 192 Å². The van der Waals surface area contributed by atoms with Gasteiger partial charge in [-0.3, -0.25) is 15.3 Å². The number of Topliss-reactive ketones (excluding diaryl/α,β-unsaturated/α-hetero) is 1. The fourth-order valence-electron chi connectivity index (χ4n) is 2.53. The fraction of sp³-hybridized carbons (Fsp3) is 0.450. The minimum absolute atomic E-state index is 0.0431. The number of aliphatic carboxylic acids is 2. The second-order valence-corrected chi connectivity index (χ2v) is 7.06. The molecule has 194 valence electrons. The molecular weight excluding hydrogens is 485 g/mol. The number of esters is 2. The number of para-hydroxylation sites is 2. The van der Waals surface area contributed by atoms with Crippen LogP contribution in [0.5, 0.6) is 11.5 Å². The number of alkyl halides is 3. The summed E-state index contributed by atoms with van der Waals surface area (Å²) in [5.41, 5.74) is 3.24. The summed E-state index contributed by atoms with van der Waals surface area (Å²) in [5, 5.41) is 18.9. The third-order valence-electron chi connectivity index (χ3n) is 4.41. The first-order valence-corrected chi connectivity index (χ1v) is 9.88. The third kappa shape index (κ3) is 9.21. The van der Waals surface area contributed by atoms with Crippen LogP contribution >= 0.6 is 0 Å². The number of nitrogens with one attached hydrogen (secondary N) is 1. The zero-order chi connectivity index (χ0) is 26.8. The fourth-order valence-corrected chi connectivity index (χ4v) is 2.53. The molecule has 2 rings (SSSR count). The van der Waals surface area contributed by atoms with Gasteiger partial charge in [0.05, 0.1) is 5.92 Å². The van der Waals surface area contributed by atoms with Crippen molar-refractivity contribution in [2.45, 2.75) is 31.7 Å². The molecule has 1 fully saturated rings. The van der Waals surface area contributed by atoms with Gasteiger partial charge in [0.1, 0.15) is 0 Å². The van der Waals surface area contributed by atoms with Crippen LogP contribution in [0, 0.1) is 5.92 Å². The van der Waals surface area contributed by atoms with Crippen LogP contribution in [-0.2, 0) is 28.7 Å². The van der Waals surface area contributed by atoms with Crippen LogP contribution in [0.4, 0.5) is 13.2 Å². The first-order chi connectivity index (χ1) is 16.2. The maximum Gasteiger partial charge on any atom is 0.490 e. The van der Waals surface area contributed by atoms with Gasteiger partial charge in [0, 0.05) is 6.92 Å². The van der Waals surface area contributed by atoms with Crippen molar-refractivity contribution >= 4 is 29.7 Å². The molecule has 1 aliphatic rings. The summed E-state index contributed by atoms with van der Waals surface area (Å²) in [6, 6.07) is 5.76. The van der Waals surface area contributed by atoms with E-state index >= 15 is 0 Å². The number of carbonyl (C=O) groups excluding carboxylic acids is 3. The van der Waals surface area contributed by atoms with Crippen molar-refractivity contribution in [2.24, 2.45) is 11.7 Å². The second-order valence-electron chi connectivity index (χ2n) is 7.06. The monoisotopic (exact) mass is 508 g/mol. The van der Waals surface area contributed by atoms with Gasteiger partial charge < -0.3 is 29.7 Å². The van der Waals surface area contributed by atoms with E-state index in [0.29, 0.717) is 25.9 Å². The SMILES string of the molecule is CC(=O)C(N)(Oc1ccccc1OCC(=O)O)C(=O)OC(=O)C1CCNCC1.O=C(O)C(F)(F)F. The number of hydrogen-bond acceptors (Lipinski definition) is 10. The van der Waals surface area contributed by atoms with Crippen LogP contribution in [0.2, 0.25) is 0 Å². The summed E-state index contributed by atoms with van der Waals surface area (Å²) >= 11 is 0. The Morgan fingerprint density at radius 2 is 1.57 bits per heavy atom. The molecule has 5 N–H and O–H groups in total. The predicted molar refractivity (Wildman–Crippen MR) is 108 cm³/mol. The van der Waals surface area contributed by atoms with Gasteiger partial charge in [-0.1, -0.05) is 12.1 Å². The number of nitrogens with two attached hydrogens (primary N) is 1. The van der Waals surface area contributed by atoms with Crippen molar-refractivity contribution in [3.05, 3.63) is 24.3 Å². The smallest absolute Gasteiger partial charge is 0.479 e. The van der Waals surface area contributed by atoms with E-state index in [1.165, 1.54) is 24.3 Å². The number of carboxylic acid groups (broad SMARTS) is 2. The van der Waals surface area contributed by atoms with Crippen LogP contribution < -0.4 is 20.5 Å². The lowest BCUT2D eigenvalue weighted by Crippen LogP contribution is -2.60. The van der Waals surface area contributed by atoms with Gasteiger partial charge in [-0.2, -0.15) is 13.2 Å². The van der Waals surface area contributed by atoms with Crippen molar-refractivity contribution in [3.63, 3.8) is 0 Å². The molecule has 0 saturated carbocycles. The normalized spacial score (nSPS) is 15.5. The first-order valence-electron chi connectivity index (χ1n) is 9.88. The van der Waals surface area contributed by atoms with E-state index in [0.717, 1.165) is 6.92 Å². The lowest BCUT2D eigenvalue weighted by molar-refractivity contribution is -0.192. The number of halogens is 3. The number of carbonyl (C=O) groups is 5. The number of ketones is 1. The molecule has 35 heavy (non-hydrogen) atoms. The maximum atomic E-state index is 12.5. The molecule has 1 unspecified atom stereocenters. The van der Waals surface area contributed by atoms with E-state index in [9.17, 15) is 32.3 Å². The van der Waals surface area contributed by atoms with E-state index < -0.39 is 54.1 Å². The summed E-state index contributed by atoms with van der Waals surface area (Å²) in [4.78, 5) is 56.3. The van der Waals surface area contributed by atoms with E-state index in [1.807, 2.05) is 0 Å². The van der Waals surface area contributed by atoms with Gasteiger partial charge >= 0.3 is 35.8 Å². The van der Waals surface area contributed by atoms with Gasteiger partial charge in [0.15, 0.2) is 23.9 Å². The van der Waals surface area contributed by atoms with Gasteiger partial charge in [0.2, 0.25) is 0 Å². The molecule has 0 bridgehead atoms. The largest absolute Gasteiger partial charge is 0.490 e. The molecule has 15 heteroatoms. The maximum absolute atomic E-state index is 12.5. The molecule has 1 heterocycles. The molecule has 0 spiro atoms. The van der Waals surface area contributed by atoms with Crippen molar-refractivity contribution in [2.75, 3.05) is 19.7 Å². The third-order valence-corrected chi connectivity index (χ3v) is 4.41. The van der Waals surface area contributed by atoms with E-state index in [2.05, 4.69) is 5.32 Å². The Morgan fingerprint density at radius 1 is 1.06 bits per heavy atom. The Bertz CT molecular complexity index is 947. The van der Waals surface area contributed by atoms with E-state index in [-0.39, 0.29) is 11.5 Å². The second kappa shape index (κ2) is 12.7.